The molecule has 1 aromatic carbocycles. The molecule has 0 spiro atoms. The Morgan fingerprint density at radius 2 is 1.81 bits per heavy atom. The van der Waals surface area contributed by atoms with Gasteiger partial charge >= 0.3 is 12.3 Å². The molecule has 0 bridgehead atoms. The molecule has 2 N–H and O–H groups in total. The van der Waals surface area contributed by atoms with Crippen LogP contribution in [0.4, 0.5) is 33.9 Å². The van der Waals surface area contributed by atoms with Crippen LogP contribution in [0.25, 0.3) is 11.0 Å². The highest BCUT2D eigenvalue weighted by Crippen LogP contribution is 2.38. The van der Waals surface area contributed by atoms with E-state index >= 15 is 0 Å². The van der Waals surface area contributed by atoms with E-state index in [1.54, 1.807) is 51.1 Å². The minimum Gasteiger partial charge on any atom is -0.443 e. The molecular formula is C34H36F4N8O2. The van der Waals surface area contributed by atoms with Gasteiger partial charge in [0, 0.05) is 37.4 Å². The van der Waals surface area contributed by atoms with Crippen LogP contribution in [0.2, 0.25) is 0 Å². The van der Waals surface area contributed by atoms with Gasteiger partial charge < -0.3 is 9.64 Å². The van der Waals surface area contributed by atoms with Crippen molar-refractivity contribution in [3.05, 3.63) is 89.1 Å². The first kappa shape index (κ1) is 34.3. The lowest BCUT2D eigenvalue weighted by atomic mass is 9.94. The Bertz CT molecular complexity index is 1800. The van der Waals surface area contributed by atoms with Gasteiger partial charge in [-0.3, -0.25) is 15.3 Å². The Hall–Kier alpha value is -5.03. The van der Waals surface area contributed by atoms with Crippen LogP contribution in [0.3, 0.4) is 0 Å². The Labute approximate surface area is 275 Å². The van der Waals surface area contributed by atoms with E-state index < -0.39 is 35.3 Å². The number of hydrazine groups is 1. The van der Waals surface area contributed by atoms with Gasteiger partial charge in [-0.2, -0.15) is 18.4 Å². The van der Waals surface area contributed by atoms with E-state index in [1.165, 1.54) is 18.2 Å². The standard InChI is InChI=1S/C34H36F4N8O2/c1-6-25-19-45(28-15-29(43-44-32(47)48-33(3,4)5)42-26-14-12-24(16-39)41-30(26)28)20(2)18-46(25)31(21-7-10-23(35)11-8-21)27-13-9-22(17-40-27)34(36,37)38/h7-15,17,20,25,31H,6,18-19H2,1-5H3,(H,42,43)(H,44,47)/t20-,25+,31?/m0/s1. The second-order valence-corrected chi connectivity index (χ2v) is 12.6. The number of hydrogen-bond acceptors (Lipinski definition) is 9. The Kier molecular flexibility index (Phi) is 9.72. The van der Waals surface area contributed by atoms with Gasteiger partial charge in [-0.05, 0) is 76.1 Å². The minimum absolute atomic E-state index is 0.140. The second-order valence-electron chi connectivity index (χ2n) is 12.6. The van der Waals surface area contributed by atoms with Crippen LogP contribution in [0.15, 0.2) is 60.8 Å². The predicted molar refractivity (Wildman–Crippen MR) is 172 cm³/mol. The smallest absolute Gasteiger partial charge is 0.426 e. The highest BCUT2D eigenvalue weighted by molar-refractivity contribution is 5.91. The molecule has 252 valence electrons. The number of pyridine rings is 3. The average molecular weight is 665 g/mol. The van der Waals surface area contributed by atoms with Crippen molar-refractivity contribution in [2.24, 2.45) is 0 Å². The number of hydrogen-bond donors (Lipinski definition) is 2. The Morgan fingerprint density at radius 3 is 2.42 bits per heavy atom. The summed E-state index contributed by atoms with van der Waals surface area (Å²) in [6, 6.07) is 14.5. The third kappa shape index (κ3) is 7.74. The molecular weight excluding hydrogens is 628 g/mol. The van der Waals surface area contributed by atoms with Gasteiger partial charge in [-0.25, -0.2) is 24.6 Å². The van der Waals surface area contributed by atoms with Crippen molar-refractivity contribution in [2.75, 3.05) is 23.4 Å². The van der Waals surface area contributed by atoms with Gasteiger partial charge in [0.2, 0.25) is 0 Å². The fourth-order valence-corrected chi connectivity index (χ4v) is 5.85. The maximum atomic E-state index is 14.0. The van der Waals surface area contributed by atoms with E-state index in [2.05, 4.69) is 41.7 Å². The highest BCUT2D eigenvalue weighted by Gasteiger charge is 2.38. The number of nitriles is 1. The first-order chi connectivity index (χ1) is 22.7. The zero-order chi connectivity index (χ0) is 34.8. The highest BCUT2D eigenvalue weighted by atomic mass is 19.4. The predicted octanol–water partition coefficient (Wildman–Crippen LogP) is 6.98. The summed E-state index contributed by atoms with van der Waals surface area (Å²) in [4.78, 5) is 30.1. The first-order valence-corrected chi connectivity index (χ1v) is 15.4. The largest absolute Gasteiger partial charge is 0.443 e. The fourth-order valence-electron chi connectivity index (χ4n) is 5.85. The van der Waals surface area contributed by atoms with Crippen molar-refractivity contribution in [1.82, 2.24) is 25.3 Å². The number of nitrogens with one attached hydrogen (secondary N) is 2. The summed E-state index contributed by atoms with van der Waals surface area (Å²) in [6.45, 7) is 10.2. The number of aromatic nitrogens is 3. The van der Waals surface area contributed by atoms with Crippen LogP contribution in [0.5, 0.6) is 0 Å². The number of nitrogens with zero attached hydrogens (tertiary/aromatic N) is 6. The number of piperazine rings is 1. The number of benzene rings is 1. The third-order valence-corrected chi connectivity index (χ3v) is 8.01. The van der Waals surface area contributed by atoms with Gasteiger partial charge in [0.05, 0.1) is 28.5 Å². The molecule has 1 aliphatic heterocycles. The molecule has 1 unspecified atom stereocenters. The quantitative estimate of drug-likeness (QED) is 0.159. The normalized spacial score (nSPS) is 17.9. The second kappa shape index (κ2) is 13.6. The van der Waals surface area contributed by atoms with E-state index in [0.29, 0.717) is 53.3 Å². The van der Waals surface area contributed by atoms with Gasteiger partial charge in [0.1, 0.15) is 34.5 Å². The number of rotatable bonds is 7. The Morgan fingerprint density at radius 1 is 1.08 bits per heavy atom. The number of ether oxygens (including phenoxy) is 1. The molecule has 0 saturated carbocycles. The summed E-state index contributed by atoms with van der Waals surface area (Å²) in [6.07, 6.45) is -3.74. The summed E-state index contributed by atoms with van der Waals surface area (Å²) >= 11 is 0. The molecule has 4 heterocycles. The lowest BCUT2D eigenvalue weighted by Gasteiger charge is -2.49. The van der Waals surface area contributed by atoms with Crippen molar-refractivity contribution in [2.45, 2.75) is 70.9 Å². The molecule has 10 nitrogen and oxygen atoms in total. The number of carbonyl (C=O) groups is 1. The molecule has 48 heavy (non-hydrogen) atoms. The van der Waals surface area contributed by atoms with Crippen LogP contribution in [-0.2, 0) is 10.9 Å². The molecule has 1 saturated heterocycles. The number of carbonyl (C=O) groups excluding carboxylic acids is 1. The average Bonchev–Trinajstić information content (AvgIpc) is 3.03. The van der Waals surface area contributed by atoms with Gasteiger partial charge in [0.25, 0.3) is 0 Å². The molecule has 1 aliphatic rings. The van der Waals surface area contributed by atoms with Crippen LogP contribution in [0, 0.1) is 17.1 Å². The zero-order valence-electron chi connectivity index (χ0n) is 27.1. The molecule has 0 radical (unpaired) electrons. The van der Waals surface area contributed by atoms with Crippen LogP contribution < -0.4 is 15.8 Å². The molecule has 1 amide bonds. The number of anilines is 2. The van der Waals surface area contributed by atoms with Gasteiger partial charge in [-0.15, -0.1) is 0 Å². The summed E-state index contributed by atoms with van der Waals surface area (Å²) in [7, 11) is 0. The van der Waals surface area contributed by atoms with Crippen molar-refractivity contribution in [1.29, 1.82) is 5.26 Å². The molecule has 1 fully saturated rings. The SMILES string of the molecule is CC[C@@H]1CN(c2cc(NNC(=O)OC(C)(C)C)nc3ccc(C#N)nc23)[C@@H](C)CN1C(c1ccc(F)cc1)c1ccc(C(F)(F)F)cn1. The van der Waals surface area contributed by atoms with Crippen molar-refractivity contribution in [3.63, 3.8) is 0 Å². The van der Waals surface area contributed by atoms with E-state index in [9.17, 15) is 27.6 Å². The summed E-state index contributed by atoms with van der Waals surface area (Å²) in [5.41, 5.74) is 6.71. The lowest BCUT2D eigenvalue weighted by molar-refractivity contribution is -0.137. The maximum Gasteiger partial charge on any atom is 0.426 e. The molecule has 0 aliphatic carbocycles. The number of halogens is 4. The van der Waals surface area contributed by atoms with Gasteiger partial charge in [0.15, 0.2) is 0 Å². The Balaban J connectivity index is 1.52. The third-order valence-electron chi connectivity index (χ3n) is 8.01. The molecule has 3 aromatic heterocycles. The van der Waals surface area contributed by atoms with Crippen molar-refractivity contribution in [3.8, 4) is 6.07 Å². The van der Waals surface area contributed by atoms with Crippen LogP contribution >= 0.6 is 0 Å². The monoisotopic (exact) mass is 664 g/mol. The first-order valence-electron chi connectivity index (χ1n) is 15.4. The summed E-state index contributed by atoms with van der Waals surface area (Å²) < 4.78 is 59.5. The number of fused-ring (bicyclic) bond motifs is 1. The summed E-state index contributed by atoms with van der Waals surface area (Å²) in [5, 5.41) is 9.60. The summed E-state index contributed by atoms with van der Waals surface area (Å²) in [5.74, 6) is -0.113. The van der Waals surface area contributed by atoms with Crippen molar-refractivity contribution < 1.29 is 27.1 Å². The van der Waals surface area contributed by atoms with E-state index in [1.807, 2.05) is 13.8 Å². The van der Waals surface area contributed by atoms with Crippen LogP contribution in [-0.4, -0.2) is 56.7 Å². The van der Waals surface area contributed by atoms with E-state index in [-0.39, 0.29) is 17.8 Å². The molecule has 4 aromatic rings. The number of amides is 1. The fraction of sp³-hybridized carbons (Fsp3) is 0.382. The maximum absolute atomic E-state index is 14.0. The van der Waals surface area contributed by atoms with Crippen LogP contribution in [0.1, 0.15) is 69.6 Å². The van der Waals surface area contributed by atoms with Gasteiger partial charge in [-0.1, -0.05) is 19.1 Å². The molecule has 5 rings (SSSR count). The zero-order valence-corrected chi connectivity index (χ0v) is 27.1. The minimum atomic E-state index is -4.54. The number of alkyl halides is 3. The van der Waals surface area contributed by atoms with E-state index in [0.717, 1.165) is 12.3 Å². The molecule has 3 atom stereocenters. The van der Waals surface area contributed by atoms with E-state index in [4.69, 9.17) is 4.74 Å². The lowest BCUT2D eigenvalue weighted by Crippen LogP contribution is -2.58. The molecule has 14 heteroatoms. The topological polar surface area (TPSA) is 119 Å². The van der Waals surface area contributed by atoms with Crippen molar-refractivity contribution >= 4 is 28.6 Å².